The van der Waals surface area contributed by atoms with Crippen LogP contribution in [0.3, 0.4) is 0 Å². The smallest absolute Gasteiger partial charge is 0.258 e. The number of amides is 1. The molecule has 0 aromatic heterocycles. The van der Waals surface area contributed by atoms with Crippen LogP contribution in [0.1, 0.15) is 5.56 Å². The molecule has 0 radical (unpaired) electrons. The highest BCUT2D eigenvalue weighted by Gasteiger charge is 2.41. The van der Waals surface area contributed by atoms with E-state index in [9.17, 15) is 4.79 Å². The highest BCUT2D eigenvalue weighted by Crippen LogP contribution is 2.36. The fourth-order valence-electron chi connectivity index (χ4n) is 2.56. The lowest BCUT2D eigenvalue weighted by Crippen LogP contribution is -2.49. The predicted octanol–water partition coefficient (Wildman–Crippen LogP) is 5.84. The second-order valence-electron chi connectivity index (χ2n) is 9.77. The van der Waals surface area contributed by atoms with Gasteiger partial charge in [-0.15, -0.1) is 0 Å². The molecule has 2 rings (SSSR count). The molecule has 1 aliphatic heterocycles. The Kier molecular flexibility index (Phi) is 6.35. The Labute approximate surface area is 171 Å². The monoisotopic (exact) mass is 436 g/mol. The van der Waals surface area contributed by atoms with Crippen molar-refractivity contribution in [2.45, 2.75) is 58.9 Å². The van der Waals surface area contributed by atoms with Gasteiger partial charge in [-0.1, -0.05) is 31.8 Å². The molecular weight excluding hydrogens is 405 g/mol. The van der Waals surface area contributed by atoms with Crippen LogP contribution in [0.25, 0.3) is 6.08 Å². The average Bonchev–Trinajstić information content (AvgIpc) is 2.73. The van der Waals surface area contributed by atoms with Gasteiger partial charge >= 0.3 is 0 Å². The van der Waals surface area contributed by atoms with E-state index in [4.69, 9.17) is 9.08 Å². The second-order valence-corrected chi connectivity index (χ2v) is 24.6. The number of nitrogens with zero attached hydrogens (tertiary/aromatic N) is 2. The van der Waals surface area contributed by atoms with Crippen molar-refractivity contribution in [2.75, 3.05) is 0 Å². The third kappa shape index (κ3) is 6.48. The van der Waals surface area contributed by atoms with Gasteiger partial charge < -0.3 is 13.6 Å². The Bertz CT molecular complexity index is 770. The fraction of sp³-hybridized carbons (Fsp3) is 0.474. The molecule has 0 saturated carbocycles. The van der Waals surface area contributed by atoms with E-state index in [1.165, 1.54) is 11.8 Å². The zero-order chi connectivity index (χ0) is 20.6. The van der Waals surface area contributed by atoms with Crippen molar-refractivity contribution in [3.63, 3.8) is 0 Å². The van der Waals surface area contributed by atoms with Gasteiger partial charge in [-0.25, -0.2) is 0 Å². The maximum atomic E-state index is 13.1. The van der Waals surface area contributed by atoms with Crippen molar-refractivity contribution in [3.05, 3.63) is 34.7 Å². The van der Waals surface area contributed by atoms with E-state index in [2.05, 4.69) is 58.9 Å². The number of hydrogen-bond donors (Lipinski definition) is 0. The molecule has 1 aromatic carbocycles. The van der Waals surface area contributed by atoms with Crippen molar-refractivity contribution < 1.29 is 9.22 Å². The van der Waals surface area contributed by atoms with Crippen LogP contribution in [0.15, 0.2) is 33.8 Å². The number of carbonyl (C=O) groups is 1. The van der Waals surface area contributed by atoms with Crippen LogP contribution in [-0.2, 0) is 4.79 Å². The summed E-state index contributed by atoms with van der Waals surface area (Å²) in [6.45, 7) is 19.7. The minimum Gasteiger partial charge on any atom is -0.544 e. The van der Waals surface area contributed by atoms with Gasteiger partial charge in [0.25, 0.3) is 5.91 Å². The lowest BCUT2D eigenvalue weighted by molar-refractivity contribution is -0.119. The average molecular weight is 437 g/mol. The molecule has 1 fully saturated rings. The van der Waals surface area contributed by atoms with Crippen molar-refractivity contribution in [1.29, 1.82) is 0 Å². The first-order valence-electron chi connectivity index (χ1n) is 9.29. The van der Waals surface area contributed by atoms with Gasteiger partial charge in [-0.2, -0.15) is 0 Å². The number of rotatable bonds is 5. The van der Waals surface area contributed by atoms with Gasteiger partial charge in [0.2, 0.25) is 8.32 Å². The number of hydrogen-bond acceptors (Lipinski definition) is 4. The summed E-state index contributed by atoms with van der Waals surface area (Å²) in [7, 11) is -5.13. The molecule has 1 heterocycles. The number of carbonyl (C=O) groups excluding carboxylic acids is 1. The fourth-order valence-corrected chi connectivity index (χ4v) is 8.32. The summed E-state index contributed by atoms with van der Waals surface area (Å²) < 4.78 is 12.9. The zero-order valence-corrected chi connectivity index (χ0v) is 21.8. The molecule has 1 amide bonds. The topological polar surface area (TPSA) is 41.9 Å². The molecule has 1 aromatic rings. The number of amidine groups is 1. The van der Waals surface area contributed by atoms with Crippen molar-refractivity contribution in [1.82, 2.24) is 4.57 Å². The highest BCUT2D eigenvalue weighted by molar-refractivity contribution is 8.19. The van der Waals surface area contributed by atoms with Gasteiger partial charge in [-0.3, -0.25) is 4.79 Å². The Morgan fingerprint density at radius 2 is 1.52 bits per heavy atom. The maximum Gasteiger partial charge on any atom is 0.258 e. The molecule has 0 unspecified atom stereocenters. The third-order valence-corrected chi connectivity index (χ3v) is 8.29. The van der Waals surface area contributed by atoms with E-state index in [-0.39, 0.29) is 5.91 Å². The standard InChI is InChI=1S/C19H32N2O2SSi3/c1-25(2,3)20-19-21(26(4,5)6)18(22)17(24-19)14-15-10-12-16(13-11-15)23-27(7,8)9/h10-14H,1-9H3/b17-14-,20-19-. The molecule has 27 heavy (non-hydrogen) atoms. The molecule has 0 N–H and O–H groups in total. The van der Waals surface area contributed by atoms with E-state index in [0.29, 0.717) is 0 Å². The summed E-state index contributed by atoms with van der Waals surface area (Å²) in [5, 5.41) is 0.892. The summed E-state index contributed by atoms with van der Waals surface area (Å²) in [5.74, 6) is 0.991. The van der Waals surface area contributed by atoms with Gasteiger partial charge in [0, 0.05) is 0 Å². The molecule has 148 valence electrons. The first kappa shape index (κ1) is 22.2. The van der Waals surface area contributed by atoms with Gasteiger partial charge in [0.1, 0.15) is 5.75 Å². The Morgan fingerprint density at radius 3 is 1.96 bits per heavy atom. The van der Waals surface area contributed by atoms with Crippen LogP contribution in [0.5, 0.6) is 5.75 Å². The van der Waals surface area contributed by atoms with Crippen LogP contribution in [0.4, 0.5) is 0 Å². The quantitative estimate of drug-likeness (QED) is 0.430. The number of benzene rings is 1. The largest absolute Gasteiger partial charge is 0.544 e. The molecule has 0 bridgehead atoms. The Morgan fingerprint density at radius 1 is 0.963 bits per heavy atom. The van der Waals surface area contributed by atoms with Gasteiger partial charge in [-0.05, 0) is 74.8 Å². The predicted molar refractivity (Wildman–Crippen MR) is 127 cm³/mol. The molecule has 0 spiro atoms. The van der Waals surface area contributed by atoms with Crippen molar-refractivity contribution in [2.24, 2.45) is 4.66 Å². The number of thioether (sulfide) groups is 1. The van der Waals surface area contributed by atoms with Crippen LogP contribution in [-0.4, -0.2) is 40.4 Å². The summed E-state index contributed by atoms with van der Waals surface area (Å²) in [4.78, 5) is 13.9. The summed E-state index contributed by atoms with van der Waals surface area (Å²) in [5.41, 5.74) is 1.01. The van der Waals surface area contributed by atoms with Gasteiger partial charge in [0.05, 0.1) is 4.91 Å². The minimum atomic E-state index is -1.85. The summed E-state index contributed by atoms with van der Waals surface area (Å²) in [6.07, 6.45) is 1.98. The Balaban J connectivity index is 2.33. The first-order valence-corrected chi connectivity index (χ1v) is 20.4. The zero-order valence-electron chi connectivity index (χ0n) is 18.0. The van der Waals surface area contributed by atoms with Crippen LogP contribution >= 0.6 is 11.8 Å². The lowest BCUT2D eigenvalue weighted by Gasteiger charge is -2.30. The maximum absolute atomic E-state index is 13.1. The molecule has 0 atom stereocenters. The SMILES string of the molecule is C[Si](C)(C)/N=C1\S/C(=C\c2ccc(O[Si](C)(C)C)cc2)C(=O)N1[Si](C)(C)C. The molecule has 0 aliphatic carbocycles. The molecule has 4 nitrogen and oxygen atoms in total. The molecule has 8 heteroatoms. The molecule has 1 aliphatic rings. The van der Waals surface area contributed by atoms with Crippen LogP contribution in [0, 0.1) is 0 Å². The van der Waals surface area contributed by atoms with E-state index in [0.717, 1.165) is 21.4 Å². The van der Waals surface area contributed by atoms with E-state index >= 15 is 0 Å². The summed E-state index contributed by atoms with van der Waals surface area (Å²) >= 11 is 1.52. The Hall–Kier alpha value is -1.10. The van der Waals surface area contributed by atoms with Crippen molar-refractivity contribution in [3.8, 4) is 5.75 Å². The first-order chi connectivity index (χ1) is 12.2. The van der Waals surface area contributed by atoms with Crippen LogP contribution < -0.4 is 4.43 Å². The molecular formula is C19H32N2O2SSi3. The van der Waals surface area contributed by atoms with Crippen LogP contribution in [0.2, 0.25) is 58.9 Å². The highest BCUT2D eigenvalue weighted by atomic mass is 32.2. The van der Waals surface area contributed by atoms with E-state index in [1.54, 1.807) is 0 Å². The van der Waals surface area contributed by atoms with E-state index in [1.807, 2.05) is 34.9 Å². The third-order valence-electron chi connectivity index (χ3n) is 3.51. The van der Waals surface area contributed by atoms with Gasteiger partial charge in [0.15, 0.2) is 21.6 Å². The van der Waals surface area contributed by atoms with Crippen molar-refractivity contribution >= 4 is 53.7 Å². The lowest BCUT2D eigenvalue weighted by atomic mass is 10.2. The second kappa shape index (κ2) is 7.73. The summed E-state index contributed by atoms with van der Waals surface area (Å²) in [6, 6.07) is 8.01. The normalized spacial score (nSPS) is 19.3. The van der Waals surface area contributed by atoms with E-state index < -0.39 is 24.8 Å². The molecule has 1 saturated heterocycles. The minimum absolute atomic E-state index is 0.0959.